The molecule has 2 rings (SSSR count). The number of hydrogen-bond acceptors (Lipinski definition) is 2. The second-order valence-electron chi connectivity index (χ2n) is 4.75. The highest BCUT2D eigenvalue weighted by molar-refractivity contribution is 6.31. The van der Waals surface area contributed by atoms with E-state index in [-0.39, 0.29) is 17.6 Å². The Kier molecular flexibility index (Phi) is 4.63. The van der Waals surface area contributed by atoms with E-state index in [9.17, 15) is 4.39 Å². The first-order chi connectivity index (χ1) is 9.52. The molecule has 0 aliphatic carbocycles. The van der Waals surface area contributed by atoms with E-state index in [1.54, 1.807) is 18.2 Å². The highest BCUT2D eigenvalue weighted by Crippen LogP contribution is 2.26. The number of benzene rings is 2. The monoisotopic (exact) mass is 293 g/mol. The fourth-order valence-corrected chi connectivity index (χ4v) is 2.24. The molecule has 0 bridgehead atoms. The van der Waals surface area contributed by atoms with E-state index >= 15 is 0 Å². The zero-order valence-electron chi connectivity index (χ0n) is 11.5. The zero-order valence-corrected chi connectivity index (χ0v) is 12.2. The van der Waals surface area contributed by atoms with Crippen molar-refractivity contribution in [1.29, 1.82) is 0 Å². The predicted molar refractivity (Wildman–Crippen MR) is 79.8 cm³/mol. The summed E-state index contributed by atoms with van der Waals surface area (Å²) >= 11 is 5.99. The van der Waals surface area contributed by atoms with Crippen LogP contribution in [0.3, 0.4) is 0 Å². The molecule has 1 atom stereocenters. The summed E-state index contributed by atoms with van der Waals surface area (Å²) in [6.07, 6.45) is 0.407. The third-order valence-electron chi connectivity index (χ3n) is 3.31. The van der Waals surface area contributed by atoms with Crippen LogP contribution in [0.15, 0.2) is 36.4 Å². The van der Waals surface area contributed by atoms with E-state index < -0.39 is 0 Å². The van der Waals surface area contributed by atoms with E-state index in [0.29, 0.717) is 17.0 Å². The lowest BCUT2D eigenvalue weighted by Gasteiger charge is -2.15. The van der Waals surface area contributed by atoms with Crippen LogP contribution in [0.4, 0.5) is 4.39 Å². The molecule has 0 radical (unpaired) electrons. The van der Waals surface area contributed by atoms with Gasteiger partial charge in [-0.3, -0.25) is 0 Å². The largest absolute Gasteiger partial charge is 0.494 e. The van der Waals surface area contributed by atoms with Crippen molar-refractivity contribution in [3.8, 4) is 5.75 Å². The van der Waals surface area contributed by atoms with Crippen molar-refractivity contribution in [2.75, 3.05) is 7.11 Å². The number of aryl methyl sites for hydroxylation is 1. The molecule has 2 aromatic rings. The van der Waals surface area contributed by atoms with Gasteiger partial charge in [-0.15, -0.1) is 0 Å². The molecular formula is C16H17ClFNO. The van der Waals surface area contributed by atoms with E-state index in [2.05, 4.69) is 0 Å². The summed E-state index contributed by atoms with van der Waals surface area (Å²) < 4.78 is 19.1. The van der Waals surface area contributed by atoms with Crippen molar-refractivity contribution in [3.05, 3.63) is 63.9 Å². The minimum absolute atomic E-state index is 0.238. The average molecular weight is 294 g/mol. The molecule has 20 heavy (non-hydrogen) atoms. The number of nitrogens with two attached hydrogens (primary N) is 1. The van der Waals surface area contributed by atoms with Gasteiger partial charge in [0.1, 0.15) is 0 Å². The molecule has 0 amide bonds. The molecular weight excluding hydrogens is 277 g/mol. The Hall–Kier alpha value is -1.58. The third kappa shape index (κ3) is 3.11. The van der Waals surface area contributed by atoms with E-state index in [4.69, 9.17) is 22.1 Å². The quantitative estimate of drug-likeness (QED) is 0.923. The molecule has 0 heterocycles. The van der Waals surface area contributed by atoms with Gasteiger partial charge in [-0.05, 0) is 42.2 Å². The molecule has 0 aliphatic rings. The topological polar surface area (TPSA) is 35.2 Å². The number of hydrogen-bond donors (Lipinski definition) is 1. The summed E-state index contributed by atoms with van der Waals surface area (Å²) in [5.74, 6) is -0.113. The van der Waals surface area contributed by atoms with Gasteiger partial charge in [0.2, 0.25) is 0 Å². The maximum Gasteiger partial charge on any atom is 0.168 e. The predicted octanol–water partition coefficient (Wildman–Crippen LogP) is 4.04. The van der Waals surface area contributed by atoms with Crippen molar-refractivity contribution >= 4 is 11.6 Å². The van der Waals surface area contributed by atoms with Crippen LogP contribution in [0, 0.1) is 12.7 Å². The zero-order chi connectivity index (χ0) is 14.7. The Bertz CT molecular complexity index is 615. The van der Waals surface area contributed by atoms with Gasteiger partial charge in [0, 0.05) is 11.1 Å². The number of methoxy groups -OCH3 is 1. The minimum atomic E-state index is -0.351. The Morgan fingerprint density at radius 2 is 2.05 bits per heavy atom. The smallest absolute Gasteiger partial charge is 0.168 e. The van der Waals surface area contributed by atoms with Gasteiger partial charge < -0.3 is 10.5 Å². The van der Waals surface area contributed by atoms with Gasteiger partial charge in [-0.25, -0.2) is 4.39 Å². The Labute approximate surface area is 123 Å². The van der Waals surface area contributed by atoms with Crippen LogP contribution in [-0.4, -0.2) is 7.11 Å². The van der Waals surface area contributed by atoms with E-state index in [1.807, 2.05) is 25.1 Å². The summed E-state index contributed by atoms with van der Waals surface area (Å²) in [4.78, 5) is 0. The molecule has 2 N–H and O–H groups in total. The second-order valence-corrected chi connectivity index (χ2v) is 5.16. The Morgan fingerprint density at radius 3 is 2.70 bits per heavy atom. The molecule has 0 fully saturated rings. The molecule has 0 aromatic heterocycles. The summed E-state index contributed by atoms with van der Waals surface area (Å²) in [6.45, 7) is 1.92. The van der Waals surface area contributed by atoms with Crippen molar-refractivity contribution in [2.45, 2.75) is 19.4 Å². The summed E-state index contributed by atoms with van der Waals surface area (Å²) in [6, 6.07) is 10.4. The lowest BCUT2D eigenvalue weighted by atomic mass is 9.98. The molecule has 4 heteroatoms. The SMILES string of the molecule is COc1cccc(CC(N)c2ccc(Cl)c(C)c2)c1F. The lowest BCUT2D eigenvalue weighted by molar-refractivity contribution is 0.383. The third-order valence-corrected chi connectivity index (χ3v) is 3.74. The molecule has 0 aliphatic heterocycles. The fourth-order valence-electron chi connectivity index (χ4n) is 2.12. The first kappa shape index (κ1) is 14.8. The van der Waals surface area contributed by atoms with Crippen LogP contribution in [0.25, 0.3) is 0 Å². The molecule has 2 nitrogen and oxygen atoms in total. The van der Waals surface area contributed by atoms with Crippen LogP contribution in [-0.2, 0) is 6.42 Å². The van der Waals surface area contributed by atoms with Crippen LogP contribution < -0.4 is 10.5 Å². The summed E-state index contributed by atoms with van der Waals surface area (Å²) in [5.41, 5.74) is 8.60. The highest BCUT2D eigenvalue weighted by atomic mass is 35.5. The molecule has 106 valence electrons. The molecule has 0 saturated heterocycles. The van der Waals surface area contributed by atoms with Crippen LogP contribution in [0.1, 0.15) is 22.7 Å². The first-order valence-electron chi connectivity index (χ1n) is 6.36. The van der Waals surface area contributed by atoms with Gasteiger partial charge in [-0.1, -0.05) is 35.9 Å². The molecule has 0 spiro atoms. The second kappa shape index (κ2) is 6.25. The molecule has 1 unspecified atom stereocenters. The summed E-state index contributed by atoms with van der Waals surface area (Å²) in [5, 5.41) is 0.702. The highest BCUT2D eigenvalue weighted by Gasteiger charge is 2.14. The first-order valence-corrected chi connectivity index (χ1v) is 6.73. The van der Waals surface area contributed by atoms with Crippen molar-refractivity contribution < 1.29 is 9.13 Å². The van der Waals surface area contributed by atoms with Gasteiger partial charge in [0.15, 0.2) is 11.6 Å². The van der Waals surface area contributed by atoms with Crippen molar-refractivity contribution in [2.24, 2.45) is 5.73 Å². The molecule has 0 saturated carbocycles. The average Bonchev–Trinajstić information content (AvgIpc) is 2.44. The van der Waals surface area contributed by atoms with Crippen LogP contribution in [0.2, 0.25) is 5.02 Å². The van der Waals surface area contributed by atoms with E-state index in [0.717, 1.165) is 11.1 Å². The number of ether oxygens (including phenoxy) is 1. The van der Waals surface area contributed by atoms with Gasteiger partial charge in [0.05, 0.1) is 7.11 Å². The van der Waals surface area contributed by atoms with Crippen LogP contribution >= 0.6 is 11.6 Å². The van der Waals surface area contributed by atoms with Gasteiger partial charge in [0.25, 0.3) is 0 Å². The van der Waals surface area contributed by atoms with Crippen molar-refractivity contribution in [3.63, 3.8) is 0 Å². The maximum atomic E-state index is 14.1. The Morgan fingerprint density at radius 1 is 1.30 bits per heavy atom. The minimum Gasteiger partial charge on any atom is -0.494 e. The maximum absolute atomic E-state index is 14.1. The fraction of sp³-hybridized carbons (Fsp3) is 0.250. The van der Waals surface area contributed by atoms with Gasteiger partial charge >= 0.3 is 0 Å². The molecule has 2 aromatic carbocycles. The van der Waals surface area contributed by atoms with Crippen molar-refractivity contribution in [1.82, 2.24) is 0 Å². The summed E-state index contributed by atoms with van der Waals surface area (Å²) in [7, 11) is 1.45. The number of rotatable bonds is 4. The lowest BCUT2D eigenvalue weighted by Crippen LogP contribution is -2.14. The standard InChI is InChI=1S/C16H17ClFNO/c1-10-8-11(6-7-13(10)17)14(19)9-12-4-3-5-15(20-2)16(12)18/h3-8,14H,9,19H2,1-2H3. The Balaban J connectivity index is 2.23. The van der Waals surface area contributed by atoms with Gasteiger partial charge in [-0.2, -0.15) is 0 Å². The number of halogens is 2. The normalized spacial score (nSPS) is 12.2. The van der Waals surface area contributed by atoms with E-state index in [1.165, 1.54) is 7.11 Å². The van der Waals surface area contributed by atoms with Crippen LogP contribution in [0.5, 0.6) is 5.75 Å².